The first-order chi connectivity index (χ1) is 11.4. The van der Waals surface area contributed by atoms with Gasteiger partial charge in [-0.1, -0.05) is 12.1 Å². The van der Waals surface area contributed by atoms with E-state index < -0.39 is 21.7 Å². The molecule has 0 spiro atoms. The third-order valence-corrected chi connectivity index (χ3v) is 3.59. The zero-order valence-corrected chi connectivity index (χ0v) is 15.5. The molecule has 0 unspecified atom stereocenters. The van der Waals surface area contributed by atoms with Crippen LogP contribution in [-0.2, 0) is 25.3 Å². The smallest absolute Gasteiger partial charge is 0.407 e. The largest absolute Gasteiger partial charge is 0.444 e. The molecule has 1 rings (SSSR count). The molecule has 25 heavy (non-hydrogen) atoms. The van der Waals surface area contributed by atoms with Crippen molar-refractivity contribution < 1.29 is 22.7 Å². The second-order valence-corrected chi connectivity index (χ2v) is 8.20. The van der Waals surface area contributed by atoms with Crippen LogP contribution in [-0.4, -0.2) is 32.6 Å². The van der Waals surface area contributed by atoms with Gasteiger partial charge in [-0.3, -0.25) is 4.79 Å². The Morgan fingerprint density at radius 1 is 1.16 bits per heavy atom. The summed E-state index contributed by atoms with van der Waals surface area (Å²) in [6.07, 6.45) is 0.182. The second kappa shape index (κ2) is 8.82. The maximum absolute atomic E-state index is 11.8. The van der Waals surface area contributed by atoms with Crippen LogP contribution in [0, 0.1) is 0 Å². The van der Waals surface area contributed by atoms with Crippen LogP contribution in [0.3, 0.4) is 0 Å². The summed E-state index contributed by atoms with van der Waals surface area (Å²) in [5.74, 6) is -0.456. The van der Waals surface area contributed by atoms with Gasteiger partial charge in [0.05, 0.1) is 5.75 Å². The first-order valence-electron chi connectivity index (χ1n) is 7.81. The lowest BCUT2D eigenvalue weighted by Gasteiger charge is -2.19. The van der Waals surface area contributed by atoms with E-state index in [1.807, 2.05) is 0 Å². The van der Waals surface area contributed by atoms with E-state index >= 15 is 0 Å². The number of anilines is 1. The van der Waals surface area contributed by atoms with Gasteiger partial charge in [-0.15, -0.1) is 0 Å². The van der Waals surface area contributed by atoms with Gasteiger partial charge < -0.3 is 15.4 Å². The number of alkyl carbamates (subject to hydrolysis) is 1. The van der Waals surface area contributed by atoms with Crippen molar-refractivity contribution in [3.05, 3.63) is 29.8 Å². The number of hydrogen-bond acceptors (Lipinski definition) is 5. The van der Waals surface area contributed by atoms with Gasteiger partial charge in [-0.05, 0) is 44.9 Å². The maximum Gasteiger partial charge on any atom is 0.407 e. The van der Waals surface area contributed by atoms with Crippen molar-refractivity contribution in [2.75, 3.05) is 11.9 Å². The van der Waals surface area contributed by atoms with E-state index in [4.69, 9.17) is 9.88 Å². The highest BCUT2D eigenvalue weighted by Crippen LogP contribution is 2.12. The van der Waals surface area contributed by atoms with E-state index in [9.17, 15) is 18.0 Å². The second-order valence-electron chi connectivity index (χ2n) is 6.58. The molecule has 0 saturated carbocycles. The number of nitrogens with two attached hydrogens (primary N) is 1. The predicted molar refractivity (Wildman–Crippen MR) is 95.4 cm³/mol. The number of hydrogen-bond donors (Lipinski definition) is 3. The molecule has 0 radical (unpaired) electrons. The summed E-state index contributed by atoms with van der Waals surface area (Å²) in [5.41, 5.74) is 0.543. The van der Waals surface area contributed by atoms with Crippen LogP contribution in [0.4, 0.5) is 10.5 Å². The Kier molecular flexibility index (Phi) is 7.38. The lowest BCUT2D eigenvalue weighted by Crippen LogP contribution is -2.33. The number of nitrogens with one attached hydrogen (secondary N) is 2. The third kappa shape index (κ3) is 10.4. The summed E-state index contributed by atoms with van der Waals surface area (Å²) in [5, 5.41) is 10.2. The summed E-state index contributed by atoms with van der Waals surface area (Å²) in [6, 6.07) is 6.39. The molecule has 8 nitrogen and oxygen atoms in total. The first kappa shape index (κ1) is 20.9. The van der Waals surface area contributed by atoms with Gasteiger partial charge in [0.2, 0.25) is 15.9 Å². The number of carbonyl (C=O) groups is 2. The quantitative estimate of drug-likeness (QED) is 0.629. The summed E-state index contributed by atoms with van der Waals surface area (Å²) in [4.78, 5) is 23.3. The average Bonchev–Trinajstić information content (AvgIpc) is 2.42. The van der Waals surface area contributed by atoms with Gasteiger partial charge >= 0.3 is 6.09 Å². The van der Waals surface area contributed by atoms with Crippen molar-refractivity contribution in [2.24, 2.45) is 5.14 Å². The zero-order chi connectivity index (χ0) is 19.1. The number of sulfonamides is 1. The highest BCUT2D eigenvalue weighted by atomic mass is 32.2. The van der Waals surface area contributed by atoms with Crippen molar-refractivity contribution in [3.63, 3.8) is 0 Å². The maximum atomic E-state index is 11.8. The van der Waals surface area contributed by atoms with Gasteiger partial charge in [0.15, 0.2) is 0 Å². The summed E-state index contributed by atoms with van der Waals surface area (Å²) in [7, 11) is -3.58. The molecule has 0 bridgehead atoms. The number of benzene rings is 1. The van der Waals surface area contributed by atoms with Crippen molar-refractivity contribution in [2.45, 2.75) is 45.0 Å². The Morgan fingerprint density at radius 2 is 1.76 bits per heavy atom. The van der Waals surface area contributed by atoms with Crippen molar-refractivity contribution >= 4 is 27.7 Å². The SMILES string of the molecule is CC(C)(C)OC(=O)NCCCC(=O)Nc1ccc(CS(N)(=O)=O)cc1. The number of amides is 2. The van der Waals surface area contributed by atoms with Crippen LogP contribution in [0.2, 0.25) is 0 Å². The Hall–Kier alpha value is -2.13. The Morgan fingerprint density at radius 3 is 2.28 bits per heavy atom. The zero-order valence-electron chi connectivity index (χ0n) is 14.7. The number of rotatable bonds is 7. The molecule has 0 aliphatic heterocycles. The fourth-order valence-electron chi connectivity index (χ4n) is 1.89. The summed E-state index contributed by atoms with van der Waals surface area (Å²) in [6.45, 7) is 5.65. The van der Waals surface area contributed by atoms with E-state index in [-0.39, 0.29) is 18.1 Å². The minimum Gasteiger partial charge on any atom is -0.444 e. The molecule has 140 valence electrons. The monoisotopic (exact) mass is 371 g/mol. The van der Waals surface area contributed by atoms with Gasteiger partial charge in [0.1, 0.15) is 5.60 Å². The van der Waals surface area contributed by atoms with E-state index in [1.165, 1.54) is 0 Å². The molecular weight excluding hydrogens is 346 g/mol. The topological polar surface area (TPSA) is 128 Å². The van der Waals surface area contributed by atoms with E-state index in [0.717, 1.165) is 0 Å². The molecule has 0 aliphatic carbocycles. The minimum absolute atomic E-state index is 0.204. The summed E-state index contributed by atoms with van der Waals surface area (Å²) >= 11 is 0. The molecule has 0 atom stereocenters. The molecule has 0 saturated heterocycles. The normalized spacial score (nSPS) is 11.7. The standard InChI is InChI=1S/C16H25N3O5S/c1-16(2,3)24-15(21)18-10-4-5-14(20)19-13-8-6-12(7-9-13)11-25(17,22)23/h6-9H,4-5,10-11H2,1-3H3,(H,18,21)(H,19,20)(H2,17,22,23). The fourth-order valence-corrected chi connectivity index (χ4v) is 2.55. The van der Waals surface area contributed by atoms with Gasteiger partial charge in [-0.25, -0.2) is 18.4 Å². The molecule has 0 aromatic heterocycles. The van der Waals surface area contributed by atoms with Gasteiger partial charge in [0.25, 0.3) is 0 Å². The van der Waals surface area contributed by atoms with Crippen molar-refractivity contribution in [1.82, 2.24) is 5.32 Å². The third-order valence-electron chi connectivity index (χ3n) is 2.85. The molecule has 1 aromatic carbocycles. The predicted octanol–water partition coefficient (Wildman–Crippen LogP) is 1.72. The average molecular weight is 371 g/mol. The molecular formula is C16H25N3O5S. The number of ether oxygens (including phenoxy) is 1. The Balaban J connectivity index is 2.32. The lowest BCUT2D eigenvalue weighted by atomic mass is 10.2. The van der Waals surface area contributed by atoms with Crippen LogP contribution < -0.4 is 15.8 Å². The molecule has 0 heterocycles. The van der Waals surface area contributed by atoms with E-state index in [2.05, 4.69) is 10.6 Å². The van der Waals surface area contributed by atoms with Gasteiger partial charge in [0, 0.05) is 18.7 Å². The molecule has 4 N–H and O–H groups in total. The van der Waals surface area contributed by atoms with Crippen LogP contribution in [0.25, 0.3) is 0 Å². The molecule has 1 aromatic rings. The minimum atomic E-state index is -3.58. The van der Waals surface area contributed by atoms with Crippen LogP contribution >= 0.6 is 0 Å². The molecule has 0 fully saturated rings. The van der Waals surface area contributed by atoms with E-state index in [1.54, 1.807) is 45.0 Å². The Labute approximate surface area is 148 Å². The molecule has 9 heteroatoms. The Bertz CT molecular complexity index is 693. The van der Waals surface area contributed by atoms with Crippen molar-refractivity contribution in [1.29, 1.82) is 0 Å². The molecule has 2 amide bonds. The molecule has 0 aliphatic rings. The lowest BCUT2D eigenvalue weighted by molar-refractivity contribution is -0.116. The fraction of sp³-hybridized carbons (Fsp3) is 0.500. The number of primary sulfonamides is 1. The van der Waals surface area contributed by atoms with Crippen molar-refractivity contribution in [3.8, 4) is 0 Å². The van der Waals surface area contributed by atoms with E-state index in [0.29, 0.717) is 24.2 Å². The highest BCUT2D eigenvalue weighted by molar-refractivity contribution is 7.88. The number of carbonyl (C=O) groups excluding carboxylic acids is 2. The first-order valence-corrected chi connectivity index (χ1v) is 9.52. The van der Waals surface area contributed by atoms with Crippen LogP contribution in [0.1, 0.15) is 39.2 Å². The summed E-state index contributed by atoms with van der Waals surface area (Å²) < 4.78 is 27.1. The van der Waals surface area contributed by atoms with Crippen LogP contribution in [0.5, 0.6) is 0 Å². The van der Waals surface area contributed by atoms with Crippen LogP contribution in [0.15, 0.2) is 24.3 Å². The highest BCUT2D eigenvalue weighted by Gasteiger charge is 2.15. The van der Waals surface area contributed by atoms with Gasteiger partial charge in [-0.2, -0.15) is 0 Å².